The molecule has 1 amide bonds. The van der Waals surface area contributed by atoms with Crippen LogP contribution in [0.15, 0.2) is 35.7 Å². The third-order valence-electron chi connectivity index (χ3n) is 3.15. The minimum Gasteiger partial charge on any atom is -0.355 e. The summed E-state index contributed by atoms with van der Waals surface area (Å²) in [6.45, 7) is 0.0923. The Labute approximate surface area is 140 Å². The molecule has 1 N–H and O–H groups in total. The first-order chi connectivity index (χ1) is 10.9. The molecule has 1 aromatic heterocycles. The fourth-order valence-electron chi connectivity index (χ4n) is 1.83. The van der Waals surface area contributed by atoms with Crippen LogP contribution in [0.1, 0.15) is 5.69 Å². The van der Waals surface area contributed by atoms with Crippen molar-refractivity contribution in [2.75, 3.05) is 26.4 Å². The summed E-state index contributed by atoms with van der Waals surface area (Å²) in [5.41, 5.74) is 1.70. The molecule has 124 valence electrons. The van der Waals surface area contributed by atoms with E-state index in [4.69, 9.17) is 0 Å². The van der Waals surface area contributed by atoms with Gasteiger partial charge in [-0.2, -0.15) is 0 Å². The molecular weight excluding hydrogens is 334 g/mol. The minimum atomic E-state index is -3.29. The molecule has 1 aromatic carbocycles. The largest absolute Gasteiger partial charge is 0.355 e. The summed E-state index contributed by atoms with van der Waals surface area (Å²) in [4.78, 5) is 16.3. The Morgan fingerprint density at radius 3 is 2.61 bits per heavy atom. The van der Waals surface area contributed by atoms with Crippen molar-refractivity contribution in [3.63, 3.8) is 0 Å². The maximum atomic E-state index is 11.9. The van der Waals surface area contributed by atoms with Gasteiger partial charge >= 0.3 is 0 Å². The summed E-state index contributed by atoms with van der Waals surface area (Å²) in [5, 5.41) is 5.32. The van der Waals surface area contributed by atoms with Gasteiger partial charge in [0.2, 0.25) is 15.9 Å². The van der Waals surface area contributed by atoms with E-state index in [1.165, 1.54) is 25.4 Å². The monoisotopic (exact) mass is 353 g/mol. The lowest BCUT2D eigenvalue weighted by molar-refractivity contribution is -0.120. The molecule has 23 heavy (non-hydrogen) atoms. The minimum absolute atomic E-state index is 0.0923. The zero-order valence-corrected chi connectivity index (χ0v) is 14.7. The molecule has 0 aliphatic carbocycles. The highest BCUT2D eigenvalue weighted by Crippen LogP contribution is 2.23. The number of hydrogen-bond acceptors (Lipinski definition) is 5. The molecular formula is C15H19N3O3S2. The predicted molar refractivity (Wildman–Crippen MR) is 91.7 cm³/mol. The van der Waals surface area contributed by atoms with E-state index >= 15 is 0 Å². The summed E-state index contributed by atoms with van der Waals surface area (Å²) in [7, 11) is -0.354. The molecule has 0 bridgehead atoms. The molecule has 0 aliphatic rings. The molecule has 0 aliphatic heterocycles. The Balaban J connectivity index is 1.86. The Hall–Kier alpha value is -1.77. The fourth-order valence-corrected chi connectivity index (χ4v) is 3.38. The SMILES string of the molecule is CN(C)S(=O)(=O)CCNC(=O)Cc1csc(-c2ccccc2)n1. The fraction of sp³-hybridized carbons (Fsp3) is 0.333. The molecule has 8 heteroatoms. The van der Waals surface area contributed by atoms with Crippen LogP contribution in [0.2, 0.25) is 0 Å². The van der Waals surface area contributed by atoms with E-state index in [2.05, 4.69) is 10.3 Å². The summed E-state index contributed by atoms with van der Waals surface area (Å²) in [6.07, 6.45) is 0.144. The molecule has 1 heterocycles. The standard InChI is InChI=1S/C15H19N3O3S2/c1-18(2)23(20,21)9-8-16-14(19)10-13-11-22-15(17-13)12-6-4-3-5-7-12/h3-7,11H,8-10H2,1-2H3,(H,16,19). The zero-order chi connectivity index (χ0) is 16.9. The highest BCUT2D eigenvalue weighted by molar-refractivity contribution is 7.89. The van der Waals surface area contributed by atoms with Gasteiger partial charge in [-0.15, -0.1) is 11.3 Å². The third kappa shape index (κ3) is 5.12. The van der Waals surface area contributed by atoms with E-state index in [1.807, 2.05) is 35.7 Å². The van der Waals surface area contributed by atoms with Crippen molar-refractivity contribution in [2.45, 2.75) is 6.42 Å². The van der Waals surface area contributed by atoms with Crippen molar-refractivity contribution in [1.82, 2.24) is 14.6 Å². The predicted octanol–water partition coefficient (Wildman–Crippen LogP) is 1.36. The van der Waals surface area contributed by atoms with Gasteiger partial charge in [-0.25, -0.2) is 17.7 Å². The molecule has 2 aromatic rings. The van der Waals surface area contributed by atoms with E-state index in [9.17, 15) is 13.2 Å². The Morgan fingerprint density at radius 1 is 1.26 bits per heavy atom. The van der Waals surface area contributed by atoms with E-state index in [1.54, 1.807) is 0 Å². The molecule has 0 fully saturated rings. The van der Waals surface area contributed by atoms with Gasteiger partial charge in [-0.05, 0) is 0 Å². The lowest BCUT2D eigenvalue weighted by Gasteiger charge is -2.11. The number of nitrogens with one attached hydrogen (secondary N) is 1. The van der Waals surface area contributed by atoms with Gasteiger partial charge in [-0.1, -0.05) is 30.3 Å². The molecule has 0 radical (unpaired) electrons. The maximum Gasteiger partial charge on any atom is 0.226 e. The number of aromatic nitrogens is 1. The first kappa shape index (κ1) is 17.6. The Kier molecular flexibility index (Phi) is 5.86. The molecule has 2 rings (SSSR count). The second kappa shape index (κ2) is 7.67. The molecule has 0 spiro atoms. The highest BCUT2D eigenvalue weighted by atomic mass is 32.2. The van der Waals surface area contributed by atoms with Gasteiger partial charge in [-0.3, -0.25) is 4.79 Å². The number of nitrogens with zero attached hydrogens (tertiary/aromatic N) is 2. The van der Waals surface area contributed by atoms with E-state index in [0.29, 0.717) is 5.69 Å². The van der Waals surface area contributed by atoms with Crippen LogP contribution in [0.25, 0.3) is 10.6 Å². The van der Waals surface area contributed by atoms with Crippen LogP contribution in [0.4, 0.5) is 0 Å². The number of rotatable bonds is 7. The maximum absolute atomic E-state index is 11.9. The average Bonchev–Trinajstić information content (AvgIpc) is 2.96. The van der Waals surface area contributed by atoms with Gasteiger partial charge in [0.1, 0.15) is 5.01 Å². The van der Waals surface area contributed by atoms with Gasteiger partial charge in [0.25, 0.3) is 0 Å². The molecule has 0 atom stereocenters. The van der Waals surface area contributed by atoms with Crippen LogP contribution in [-0.4, -0.2) is 50.0 Å². The first-order valence-corrected chi connectivity index (χ1v) is 9.54. The molecule has 0 unspecified atom stereocenters. The number of benzene rings is 1. The smallest absolute Gasteiger partial charge is 0.226 e. The number of sulfonamides is 1. The van der Waals surface area contributed by atoms with E-state index in [0.717, 1.165) is 14.9 Å². The second-order valence-electron chi connectivity index (χ2n) is 5.14. The van der Waals surface area contributed by atoms with Crippen molar-refractivity contribution in [3.8, 4) is 10.6 Å². The lowest BCUT2D eigenvalue weighted by Crippen LogP contribution is -2.34. The Bertz CT molecular complexity index is 755. The first-order valence-electron chi connectivity index (χ1n) is 7.05. The van der Waals surface area contributed by atoms with Crippen molar-refractivity contribution in [1.29, 1.82) is 0 Å². The number of thiazole rings is 1. The highest BCUT2D eigenvalue weighted by Gasteiger charge is 2.14. The number of hydrogen-bond donors (Lipinski definition) is 1. The molecule has 0 saturated carbocycles. The van der Waals surface area contributed by atoms with Crippen LogP contribution >= 0.6 is 11.3 Å². The summed E-state index contributed by atoms with van der Waals surface area (Å²) in [6, 6.07) is 9.75. The van der Waals surface area contributed by atoms with Crippen LogP contribution in [0.3, 0.4) is 0 Å². The zero-order valence-electron chi connectivity index (χ0n) is 13.0. The van der Waals surface area contributed by atoms with Crippen LogP contribution in [-0.2, 0) is 21.2 Å². The van der Waals surface area contributed by atoms with Crippen molar-refractivity contribution in [3.05, 3.63) is 41.4 Å². The van der Waals surface area contributed by atoms with Gasteiger partial charge < -0.3 is 5.32 Å². The normalized spacial score (nSPS) is 11.6. The second-order valence-corrected chi connectivity index (χ2v) is 8.30. The lowest BCUT2D eigenvalue weighted by atomic mass is 10.2. The van der Waals surface area contributed by atoms with Crippen molar-refractivity contribution in [2.24, 2.45) is 0 Å². The van der Waals surface area contributed by atoms with E-state index < -0.39 is 10.0 Å². The Morgan fingerprint density at radius 2 is 1.96 bits per heavy atom. The average molecular weight is 353 g/mol. The van der Waals surface area contributed by atoms with Gasteiger partial charge in [0, 0.05) is 31.6 Å². The van der Waals surface area contributed by atoms with Crippen LogP contribution in [0, 0.1) is 0 Å². The van der Waals surface area contributed by atoms with Crippen LogP contribution < -0.4 is 5.32 Å². The summed E-state index contributed by atoms with van der Waals surface area (Å²) < 4.78 is 24.3. The topological polar surface area (TPSA) is 79.4 Å². The summed E-state index contributed by atoms with van der Waals surface area (Å²) >= 11 is 1.48. The van der Waals surface area contributed by atoms with Gasteiger partial charge in [0.15, 0.2) is 0 Å². The molecule has 0 saturated heterocycles. The number of carbonyl (C=O) groups is 1. The number of carbonyl (C=O) groups excluding carboxylic acids is 1. The van der Waals surface area contributed by atoms with E-state index in [-0.39, 0.29) is 24.6 Å². The summed E-state index contributed by atoms with van der Waals surface area (Å²) in [5.74, 6) is -0.346. The third-order valence-corrected chi connectivity index (χ3v) is 5.93. The van der Waals surface area contributed by atoms with Crippen molar-refractivity contribution >= 4 is 27.3 Å². The van der Waals surface area contributed by atoms with Crippen molar-refractivity contribution < 1.29 is 13.2 Å². The van der Waals surface area contributed by atoms with Gasteiger partial charge in [0.05, 0.1) is 17.9 Å². The molecule has 6 nitrogen and oxygen atoms in total. The van der Waals surface area contributed by atoms with Crippen LogP contribution in [0.5, 0.6) is 0 Å². The number of amides is 1. The quantitative estimate of drug-likeness (QED) is 0.815.